The summed E-state index contributed by atoms with van der Waals surface area (Å²) in [5.41, 5.74) is 4.15. The summed E-state index contributed by atoms with van der Waals surface area (Å²) in [6.45, 7) is 4.21. The zero-order chi connectivity index (χ0) is 26.9. The van der Waals surface area contributed by atoms with Crippen LogP contribution < -0.4 is 10.1 Å². The van der Waals surface area contributed by atoms with Crippen LogP contribution in [0.4, 0.5) is 0 Å². The van der Waals surface area contributed by atoms with Gasteiger partial charge in [-0.25, -0.2) is 0 Å². The summed E-state index contributed by atoms with van der Waals surface area (Å²) in [5, 5.41) is 3.28. The van der Waals surface area contributed by atoms with Crippen LogP contribution in [-0.2, 0) is 22.6 Å². The SMILES string of the molecule is Cc1cc(OCC(=O)N(Cc2ccccc2C)[C@@H](Cc2ccccc2)C(=O)NC2CCCCC2)ccc1Br. The first-order chi connectivity index (χ1) is 18.4. The van der Waals surface area contributed by atoms with Gasteiger partial charge in [-0.2, -0.15) is 0 Å². The van der Waals surface area contributed by atoms with Crippen LogP contribution >= 0.6 is 15.9 Å². The molecule has 1 fully saturated rings. The third-order valence-corrected chi connectivity index (χ3v) is 8.21. The van der Waals surface area contributed by atoms with Crippen molar-refractivity contribution >= 4 is 27.7 Å². The first-order valence-corrected chi connectivity index (χ1v) is 14.3. The molecule has 1 N–H and O–H groups in total. The van der Waals surface area contributed by atoms with Crippen LogP contribution in [0.25, 0.3) is 0 Å². The number of rotatable bonds is 10. The van der Waals surface area contributed by atoms with Crippen molar-refractivity contribution in [1.82, 2.24) is 10.2 Å². The van der Waals surface area contributed by atoms with Gasteiger partial charge in [0.15, 0.2) is 6.61 Å². The van der Waals surface area contributed by atoms with Crippen molar-refractivity contribution in [2.24, 2.45) is 0 Å². The third kappa shape index (κ3) is 7.70. The number of benzene rings is 3. The van der Waals surface area contributed by atoms with E-state index in [1.807, 2.05) is 86.6 Å². The van der Waals surface area contributed by atoms with E-state index in [4.69, 9.17) is 4.74 Å². The monoisotopic (exact) mass is 576 g/mol. The topological polar surface area (TPSA) is 58.6 Å². The minimum atomic E-state index is -0.651. The minimum Gasteiger partial charge on any atom is -0.484 e. The van der Waals surface area contributed by atoms with E-state index in [1.165, 1.54) is 6.42 Å². The largest absolute Gasteiger partial charge is 0.484 e. The normalized spacial score (nSPS) is 14.5. The molecule has 0 spiro atoms. The Morgan fingerprint density at radius 3 is 2.37 bits per heavy atom. The molecule has 0 saturated heterocycles. The predicted molar refractivity (Wildman–Crippen MR) is 155 cm³/mol. The highest BCUT2D eigenvalue weighted by atomic mass is 79.9. The summed E-state index contributed by atoms with van der Waals surface area (Å²) in [4.78, 5) is 29.4. The van der Waals surface area contributed by atoms with E-state index >= 15 is 0 Å². The number of hydrogen-bond acceptors (Lipinski definition) is 3. The number of carbonyl (C=O) groups is 2. The summed E-state index contributed by atoms with van der Waals surface area (Å²) < 4.78 is 6.92. The molecule has 3 aromatic carbocycles. The lowest BCUT2D eigenvalue weighted by molar-refractivity contribution is -0.143. The Hall–Kier alpha value is -3.12. The Morgan fingerprint density at radius 2 is 1.66 bits per heavy atom. The molecule has 0 heterocycles. The standard InChI is InChI=1S/C32H37BrN2O3/c1-23-11-9-10-14-26(23)21-35(31(36)22-38-28-17-18-29(33)24(2)19-28)30(20-25-12-5-3-6-13-25)32(37)34-27-15-7-4-8-16-27/h3,5-6,9-14,17-19,27,30H,4,7-8,15-16,20-22H2,1-2H3,(H,34,37)/t30-/m0/s1. The fourth-order valence-corrected chi connectivity index (χ4v) is 5.25. The van der Waals surface area contributed by atoms with Gasteiger partial charge in [0.05, 0.1) is 0 Å². The molecule has 0 bridgehead atoms. The minimum absolute atomic E-state index is 0.0952. The molecule has 200 valence electrons. The average molecular weight is 578 g/mol. The molecule has 0 unspecified atom stereocenters. The number of halogens is 1. The Morgan fingerprint density at radius 1 is 0.947 bits per heavy atom. The van der Waals surface area contributed by atoms with Gasteiger partial charge >= 0.3 is 0 Å². The lowest BCUT2D eigenvalue weighted by Crippen LogP contribution is -2.53. The van der Waals surface area contributed by atoms with Gasteiger partial charge in [-0.1, -0.05) is 89.8 Å². The van der Waals surface area contributed by atoms with Gasteiger partial charge in [-0.3, -0.25) is 9.59 Å². The number of carbonyl (C=O) groups excluding carboxylic acids is 2. The quantitative estimate of drug-likeness (QED) is 0.298. The molecular formula is C32H37BrN2O3. The van der Waals surface area contributed by atoms with Crippen LogP contribution in [0.1, 0.15) is 54.4 Å². The van der Waals surface area contributed by atoms with Crippen LogP contribution in [0, 0.1) is 13.8 Å². The fraction of sp³-hybridized carbons (Fsp3) is 0.375. The number of hydrogen-bond donors (Lipinski definition) is 1. The lowest BCUT2D eigenvalue weighted by Gasteiger charge is -2.33. The van der Waals surface area contributed by atoms with Crippen molar-refractivity contribution in [1.29, 1.82) is 0 Å². The van der Waals surface area contributed by atoms with Gasteiger partial charge in [0.25, 0.3) is 5.91 Å². The molecule has 1 saturated carbocycles. The van der Waals surface area contributed by atoms with Crippen molar-refractivity contribution in [3.8, 4) is 5.75 Å². The van der Waals surface area contributed by atoms with Gasteiger partial charge in [0.1, 0.15) is 11.8 Å². The molecule has 5 nitrogen and oxygen atoms in total. The van der Waals surface area contributed by atoms with Crippen molar-refractivity contribution in [2.45, 2.75) is 71.0 Å². The Balaban J connectivity index is 1.62. The lowest BCUT2D eigenvalue weighted by atomic mass is 9.94. The number of amides is 2. The van der Waals surface area contributed by atoms with Gasteiger partial charge < -0.3 is 15.0 Å². The van der Waals surface area contributed by atoms with Crippen LogP contribution in [-0.4, -0.2) is 35.4 Å². The summed E-state index contributed by atoms with van der Waals surface area (Å²) in [5.74, 6) is 0.317. The van der Waals surface area contributed by atoms with Gasteiger partial charge in [0, 0.05) is 23.5 Å². The molecule has 38 heavy (non-hydrogen) atoms. The maximum atomic E-state index is 13.8. The molecule has 4 rings (SSSR count). The number of nitrogens with one attached hydrogen (secondary N) is 1. The molecule has 0 radical (unpaired) electrons. The number of nitrogens with zero attached hydrogens (tertiary/aromatic N) is 1. The van der Waals surface area contributed by atoms with E-state index < -0.39 is 6.04 Å². The maximum Gasteiger partial charge on any atom is 0.261 e. The number of aryl methyl sites for hydroxylation is 2. The van der Waals surface area contributed by atoms with E-state index in [-0.39, 0.29) is 24.5 Å². The van der Waals surface area contributed by atoms with Crippen molar-refractivity contribution in [3.63, 3.8) is 0 Å². The molecule has 1 aliphatic carbocycles. The Bertz CT molecular complexity index is 1220. The van der Waals surface area contributed by atoms with Crippen LogP contribution in [0.3, 0.4) is 0 Å². The van der Waals surface area contributed by atoms with Crippen LogP contribution in [0.15, 0.2) is 77.3 Å². The van der Waals surface area contributed by atoms with Gasteiger partial charge in [-0.05, 0) is 67.1 Å². The third-order valence-electron chi connectivity index (χ3n) is 7.32. The number of ether oxygens (including phenoxy) is 1. The molecule has 2 amide bonds. The van der Waals surface area contributed by atoms with Crippen molar-refractivity contribution in [2.75, 3.05) is 6.61 Å². The second-order valence-electron chi connectivity index (χ2n) is 10.2. The smallest absolute Gasteiger partial charge is 0.261 e. The molecule has 6 heteroatoms. The molecule has 1 aliphatic rings. The second-order valence-corrected chi connectivity index (χ2v) is 11.1. The highest BCUT2D eigenvalue weighted by Crippen LogP contribution is 2.23. The summed E-state index contributed by atoms with van der Waals surface area (Å²) >= 11 is 3.51. The summed E-state index contributed by atoms with van der Waals surface area (Å²) in [6, 6.07) is 23.1. The molecule has 1 atom stereocenters. The van der Waals surface area contributed by atoms with Gasteiger partial charge in [0.2, 0.25) is 5.91 Å². The zero-order valence-electron chi connectivity index (χ0n) is 22.3. The fourth-order valence-electron chi connectivity index (χ4n) is 5.00. The first kappa shape index (κ1) is 27.9. The predicted octanol–water partition coefficient (Wildman–Crippen LogP) is 6.53. The van der Waals surface area contributed by atoms with E-state index in [9.17, 15) is 9.59 Å². The van der Waals surface area contributed by atoms with E-state index in [0.29, 0.717) is 18.7 Å². The van der Waals surface area contributed by atoms with E-state index in [2.05, 4.69) is 21.2 Å². The summed E-state index contributed by atoms with van der Waals surface area (Å²) in [7, 11) is 0. The zero-order valence-corrected chi connectivity index (χ0v) is 23.9. The van der Waals surface area contributed by atoms with Gasteiger partial charge in [-0.15, -0.1) is 0 Å². The van der Waals surface area contributed by atoms with Crippen LogP contribution in [0.5, 0.6) is 5.75 Å². The highest BCUT2D eigenvalue weighted by Gasteiger charge is 2.32. The molecule has 3 aromatic rings. The van der Waals surface area contributed by atoms with Crippen molar-refractivity contribution in [3.05, 3.63) is 99.5 Å². The highest BCUT2D eigenvalue weighted by molar-refractivity contribution is 9.10. The first-order valence-electron chi connectivity index (χ1n) is 13.5. The second kappa shape index (κ2) is 13.6. The maximum absolute atomic E-state index is 13.8. The summed E-state index contributed by atoms with van der Waals surface area (Å²) in [6.07, 6.45) is 5.88. The van der Waals surface area contributed by atoms with E-state index in [1.54, 1.807) is 4.90 Å². The van der Waals surface area contributed by atoms with Crippen LogP contribution in [0.2, 0.25) is 0 Å². The molecule has 0 aliphatic heterocycles. The average Bonchev–Trinajstić information content (AvgIpc) is 2.93. The van der Waals surface area contributed by atoms with E-state index in [0.717, 1.165) is 52.4 Å². The van der Waals surface area contributed by atoms with Crippen molar-refractivity contribution < 1.29 is 14.3 Å². The molecular weight excluding hydrogens is 540 g/mol. The Kier molecular flexibility index (Phi) is 9.99. The molecule has 0 aromatic heterocycles. The Labute approximate surface area is 234 Å².